The Morgan fingerprint density at radius 3 is 0.925 bits per heavy atom. The third-order valence-electron chi connectivity index (χ3n) is 16.3. The first-order valence-corrected chi connectivity index (χ1v) is 35.3. The number of likely N-dealkylation sites (N-methyl/N-ethyl adjacent to an activating group) is 1. The lowest BCUT2D eigenvalue weighted by atomic mass is 10.0. The summed E-state index contributed by atoms with van der Waals surface area (Å²) in [5.74, 6) is -2.25. The Morgan fingerprint density at radius 1 is 0.362 bits per heavy atom. The molecule has 0 heterocycles. The summed E-state index contributed by atoms with van der Waals surface area (Å²) in [6.07, 6.45) is 73.1. The number of carboxylic acids is 1. The van der Waals surface area contributed by atoms with Crippen LogP contribution in [0.2, 0.25) is 0 Å². The number of nitrogens with zero attached hydrogens (tertiary/aromatic N) is 1. The van der Waals surface area contributed by atoms with Crippen LogP contribution in [0, 0.1) is 0 Å². The summed E-state index contributed by atoms with van der Waals surface area (Å²) in [4.78, 5) is 37.4. The lowest BCUT2D eigenvalue weighted by Gasteiger charge is -2.26. The molecule has 0 aromatic heterocycles. The number of carbonyl (C=O) groups is 3. The fourth-order valence-electron chi connectivity index (χ4n) is 10.8. The molecule has 0 fully saturated rings. The summed E-state index contributed by atoms with van der Waals surface area (Å²) in [5.41, 5.74) is 0. The maximum absolute atomic E-state index is 12.9. The molecule has 0 saturated carbocycles. The number of aliphatic carboxylic acids is 1. The third-order valence-corrected chi connectivity index (χ3v) is 16.3. The van der Waals surface area contributed by atoms with Crippen LogP contribution in [-0.4, -0.2) is 82.3 Å². The number of hydrogen-bond acceptors (Lipinski definition) is 8. The normalized spacial score (nSPS) is 12.7. The molecular weight excluding hydrogens is 995 g/mol. The zero-order valence-electron chi connectivity index (χ0n) is 54.2. The Morgan fingerprint density at radius 2 is 0.637 bits per heavy atom. The Balaban J connectivity index is 4.00. The average Bonchev–Trinajstić information content (AvgIpc) is 3.43. The standard InChI is InChI=1S/C71H137NO8/c1-6-8-10-12-14-16-18-20-22-24-26-28-29-30-31-32-33-34-35-36-37-38-39-40-42-43-45-47-49-51-53-55-57-59-61-68(73)78-65-67(66-79-71(70(75)76)77-64-63-72(3,4)5)80-69(74)62-60-58-56-54-52-50-48-46-44-41-27-25-23-21-19-17-15-13-11-9-7-2/h25,27,67,71H,6-24,26,28-66H2,1-5H3/b27-25-. The van der Waals surface area contributed by atoms with Gasteiger partial charge in [0.1, 0.15) is 13.2 Å². The monoisotopic (exact) mass is 1130 g/mol. The lowest BCUT2D eigenvalue weighted by molar-refractivity contribution is -0.870. The van der Waals surface area contributed by atoms with Crippen LogP contribution in [0.4, 0.5) is 0 Å². The molecule has 80 heavy (non-hydrogen) atoms. The second-order valence-corrected chi connectivity index (χ2v) is 25.5. The molecule has 0 aliphatic heterocycles. The smallest absolute Gasteiger partial charge is 0.306 e. The van der Waals surface area contributed by atoms with Crippen LogP contribution in [0.5, 0.6) is 0 Å². The van der Waals surface area contributed by atoms with E-state index in [2.05, 4.69) is 26.0 Å². The van der Waals surface area contributed by atoms with E-state index < -0.39 is 24.3 Å². The summed E-state index contributed by atoms with van der Waals surface area (Å²) in [6.45, 7) is 4.82. The van der Waals surface area contributed by atoms with Gasteiger partial charge in [-0.05, 0) is 38.5 Å². The van der Waals surface area contributed by atoms with E-state index >= 15 is 0 Å². The van der Waals surface area contributed by atoms with Crippen molar-refractivity contribution in [3.63, 3.8) is 0 Å². The van der Waals surface area contributed by atoms with E-state index in [-0.39, 0.29) is 32.2 Å². The van der Waals surface area contributed by atoms with Crippen molar-refractivity contribution in [3.8, 4) is 0 Å². The molecule has 0 aliphatic rings. The summed E-state index contributed by atoms with van der Waals surface area (Å²) in [6, 6.07) is 0. The SMILES string of the molecule is CCCCCCCCCC/C=C\CCCCCCCCCCCC(=O)OC(COC(=O)CCCCCCCCCCCCCCCCCCCCCCCCCCCCCCCCCCCC)COC(OCC[N+](C)(C)C)C(=O)[O-]. The molecule has 0 aromatic rings. The van der Waals surface area contributed by atoms with Crippen LogP contribution in [-0.2, 0) is 33.3 Å². The highest BCUT2D eigenvalue weighted by Crippen LogP contribution is 2.19. The van der Waals surface area contributed by atoms with Crippen LogP contribution in [0.1, 0.15) is 367 Å². The molecule has 0 saturated heterocycles. The molecule has 0 rings (SSSR count). The number of rotatable bonds is 67. The molecule has 0 amide bonds. The van der Waals surface area contributed by atoms with E-state index in [1.165, 1.54) is 302 Å². The molecule has 0 bridgehead atoms. The van der Waals surface area contributed by atoms with Gasteiger partial charge in [-0.2, -0.15) is 0 Å². The van der Waals surface area contributed by atoms with Crippen LogP contribution >= 0.6 is 0 Å². The predicted molar refractivity (Wildman–Crippen MR) is 339 cm³/mol. The predicted octanol–water partition coefficient (Wildman–Crippen LogP) is 20.3. The van der Waals surface area contributed by atoms with Gasteiger partial charge in [-0.3, -0.25) is 9.59 Å². The van der Waals surface area contributed by atoms with Gasteiger partial charge in [-0.25, -0.2) is 0 Å². The van der Waals surface area contributed by atoms with E-state index in [0.29, 0.717) is 23.9 Å². The Hall–Kier alpha value is -1.97. The number of allylic oxidation sites excluding steroid dienone is 2. The summed E-state index contributed by atoms with van der Waals surface area (Å²) in [7, 11) is 5.94. The summed E-state index contributed by atoms with van der Waals surface area (Å²) < 4.78 is 22.8. The Labute approximate surface area is 497 Å². The molecule has 9 heteroatoms. The van der Waals surface area contributed by atoms with Gasteiger partial charge in [0.15, 0.2) is 12.4 Å². The van der Waals surface area contributed by atoms with Crippen LogP contribution < -0.4 is 5.11 Å². The van der Waals surface area contributed by atoms with Crippen LogP contribution in [0.3, 0.4) is 0 Å². The number of esters is 2. The zero-order valence-corrected chi connectivity index (χ0v) is 54.2. The fraction of sp³-hybridized carbons (Fsp3) is 0.930. The van der Waals surface area contributed by atoms with E-state index in [9.17, 15) is 19.5 Å². The molecule has 0 spiro atoms. The number of carboxylic acid groups (broad SMARTS) is 1. The molecule has 2 unspecified atom stereocenters. The van der Waals surface area contributed by atoms with E-state index in [4.69, 9.17) is 18.9 Å². The first-order valence-electron chi connectivity index (χ1n) is 35.3. The first kappa shape index (κ1) is 78.0. The van der Waals surface area contributed by atoms with Crippen molar-refractivity contribution in [3.05, 3.63) is 12.2 Å². The summed E-state index contributed by atoms with van der Waals surface area (Å²) >= 11 is 0. The molecule has 0 aromatic carbocycles. The molecule has 0 N–H and O–H groups in total. The van der Waals surface area contributed by atoms with Gasteiger partial charge >= 0.3 is 11.9 Å². The first-order chi connectivity index (χ1) is 39.1. The van der Waals surface area contributed by atoms with E-state index in [1.54, 1.807) is 0 Å². The molecular formula is C71H137NO8. The number of unbranched alkanes of at least 4 members (excludes halogenated alkanes) is 50. The largest absolute Gasteiger partial charge is 0.545 e. The quantitative estimate of drug-likeness (QED) is 0.0195. The molecule has 0 aliphatic carbocycles. The van der Waals surface area contributed by atoms with Crippen LogP contribution in [0.25, 0.3) is 0 Å². The van der Waals surface area contributed by atoms with Gasteiger partial charge in [0.05, 0.1) is 40.3 Å². The van der Waals surface area contributed by atoms with Gasteiger partial charge in [-0.15, -0.1) is 0 Å². The van der Waals surface area contributed by atoms with Crippen LogP contribution in [0.15, 0.2) is 12.2 Å². The van der Waals surface area contributed by atoms with Gasteiger partial charge in [-0.1, -0.05) is 328 Å². The molecule has 474 valence electrons. The zero-order chi connectivity index (χ0) is 58.3. The van der Waals surface area contributed by atoms with Gasteiger partial charge in [0.2, 0.25) is 0 Å². The van der Waals surface area contributed by atoms with Crippen molar-refractivity contribution in [2.45, 2.75) is 379 Å². The Kier molecular flexibility index (Phi) is 61.5. The topological polar surface area (TPSA) is 111 Å². The molecule has 9 nitrogen and oxygen atoms in total. The minimum Gasteiger partial charge on any atom is -0.545 e. The Bertz CT molecular complexity index is 1320. The van der Waals surface area contributed by atoms with Crippen molar-refractivity contribution in [1.82, 2.24) is 0 Å². The van der Waals surface area contributed by atoms with Gasteiger partial charge in [0, 0.05) is 12.8 Å². The number of carbonyl (C=O) groups excluding carboxylic acids is 3. The van der Waals surface area contributed by atoms with Crippen molar-refractivity contribution >= 4 is 17.9 Å². The highest BCUT2D eigenvalue weighted by Gasteiger charge is 2.22. The number of ether oxygens (including phenoxy) is 4. The second-order valence-electron chi connectivity index (χ2n) is 25.5. The van der Waals surface area contributed by atoms with Crippen molar-refractivity contribution in [2.75, 3.05) is 47.5 Å². The third kappa shape index (κ3) is 63.6. The van der Waals surface area contributed by atoms with E-state index in [1.807, 2.05) is 21.1 Å². The lowest BCUT2D eigenvalue weighted by Crippen LogP contribution is -2.44. The summed E-state index contributed by atoms with van der Waals surface area (Å²) in [5, 5.41) is 11.8. The van der Waals surface area contributed by atoms with Crippen molar-refractivity contribution in [1.29, 1.82) is 0 Å². The van der Waals surface area contributed by atoms with E-state index in [0.717, 1.165) is 32.1 Å². The maximum Gasteiger partial charge on any atom is 0.306 e. The highest BCUT2D eigenvalue weighted by molar-refractivity contribution is 5.70. The van der Waals surface area contributed by atoms with Gasteiger partial charge in [0.25, 0.3) is 0 Å². The van der Waals surface area contributed by atoms with Crippen molar-refractivity contribution in [2.24, 2.45) is 0 Å². The number of quaternary nitrogens is 1. The molecule has 2 atom stereocenters. The average molecular weight is 1130 g/mol. The highest BCUT2D eigenvalue weighted by atomic mass is 16.7. The fourth-order valence-corrected chi connectivity index (χ4v) is 10.8. The maximum atomic E-state index is 12.9. The minimum absolute atomic E-state index is 0.151. The van der Waals surface area contributed by atoms with Crippen molar-refractivity contribution < 1.29 is 42.9 Å². The second kappa shape index (κ2) is 63.1. The van der Waals surface area contributed by atoms with Gasteiger partial charge < -0.3 is 33.3 Å². The molecule has 0 radical (unpaired) electrons. The number of hydrogen-bond donors (Lipinski definition) is 0. The minimum atomic E-state index is -1.62.